The molecule has 1 saturated heterocycles. The van der Waals surface area contributed by atoms with Gasteiger partial charge >= 0.3 is 5.97 Å². The van der Waals surface area contributed by atoms with Crippen LogP contribution in [0.15, 0.2) is 24.3 Å². The fourth-order valence-corrected chi connectivity index (χ4v) is 2.37. The summed E-state index contributed by atoms with van der Waals surface area (Å²) in [6.45, 7) is 0.743. The number of carbonyl (C=O) groups is 2. The molecule has 7 heteroatoms. The van der Waals surface area contributed by atoms with Gasteiger partial charge in [-0.2, -0.15) is 0 Å². The molecule has 0 aliphatic carbocycles. The summed E-state index contributed by atoms with van der Waals surface area (Å²) in [7, 11) is 0. The van der Waals surface area contributed by atoms with Crippen molar-refractivity contribution in [3.8, 4) is 0 Å². The molecule has 0 unspecified atom stereocenters. The summed E-state index contributed by atoms with van der Waals surface area (Å²) in [6.07, 6.45) is 1.34. The van der Waals surface area contributed by atoms with Crippen molar-refractivity contribution in [1.29, 1.82) is 0 Å². The first-order valence-electron chi connectivity index (χ1n) is 6.55. The minimum Gasteiger partial charge on any atom is -0.480 e. The van der Waals surface area contributed by atoms with Crippen LogP contribution in [-0.4, -0.2) is 41.0 Å². The van der Waals surface area contributed by atoms with Crippen LogP contribution in [0.1, 0.15) is 18.4 Å². The third-order valence-electron chi connectivity index (χ3n) is 3.43. The van der Waals surface area contributed by atoms with Gasteiger partial charge in [-0.05, 0) is 25.5 Å². The van der Waals surface area contributed by atoms with E-state index in [-0.39, 0.29) is 37.2 Å². The van der Waals surface area contributed by atoms with Gasteiger partial charge in [-0.15, -0.1) is 12.4 Å². The van der Waals surface area contributed by atoms with Crippen LogP contribution in [0.25, 0.3) is 0 Å². The lowest BCUT2D eigenvalue weighted by Gasteiger charge is -2.20. The lowest BCUT2D eigenvalue weighted by molar-refractivity contribution is -0.142. The zero-order valence-corrected chi connectivity index (χ0v) is 12.2. The van der Waals surface area contributed by atoms with Crippen molar-refractivity contribution >= 4 is 24.3 Å². The standard InChI is InChI=1S/C14H17FN2O3.ClH/c15-11-5-2-1-4-10(11)8-16-13(18)9-17-7-3-6-12(17)14(19)20;/h1-2,4-5,12H,3,6-9H2,(H,16,18)(H,19,20);1H/t12-;/m1./s1. The topological polar surface area (TPSA) is 69.6 Å². The second-order valence-corrected chi connectivity index (χ2v) is 4.83. The summed E-state index contributed by atoms with van der Waals surface area (Å²) in [6, 6.07) is 5.64. The molecular weight excluding hydrogens is 299 g/mol. The summed E-state index contributed by atoms with van der Waals surface area (Å²) in [5.74, 6) is -1.55. The average molecular weight is 317 g/mol. The van der Waals surface area contributed by atoms with E-state index in [9.17, 15) is 14.0 Å². The Morgan fingerprint density at radius 1 is 1.38 bits per heavy atom. The Balaban J connectivity index is 0.00000220. The molecule has 1 aliphatic rings. The molecular formula is C14H18ClFN2O3. The first-order valence-corrected chi connectivity index (χ1v) is 6.55. The largest absolute Gasteiger partial charge is 0.480 e. The zero-order valence-electron chi connectivity index (χ0n) is 11.4. The summed E-state index contributed by atoms with van der Waals surface area (Å²) in [4.78, 5) is 24.4. The highest BCUT2D eigenvalue weighted by molar-refractivity contribution is 5.85. The lowest BCUT2D eigenvalue weighted by Crippen LogP contribution is -2.42. The number of carboxylic acid groups (broad SMARTS) is 1. The van der Waals surface area contributed by atoms with Crippen LogP contribution in [-0.2, 0) is 16.1 Å². The van der Waals surface area contributed by atoms with E-state index in [0.717, 1.165) is 6.42 Å². The normalized spacial score (nSPS) is 18.0. The molecule has 0 bridgehead atoms. The number of carboxylic acids is 1. The molecule has 1 heterocycles. The SMILES string of the molecule is Cl.O=C(CN1CCC[C@@H]1C(=O)O)NCc1ccccc1F. The fourth-order valence-electron chi connectivity index (χ4n) is 2.37. The molecule has 1 amide bonds. The molecule has 116 valence electrons. The first kappa shape index (κ1) is 17.4. The summed E-state index contributed by atoms with van der Waals surface area (Å²) < 4.78 is 13.4. The highest BCUT2D eigenvalue weighted by Crippen LogP contribution is 2.16. The molecule has 0 spiro atoms. The Hall–Kier alpha value is -1.66. The molecule has 5 nitrogen and oxygen atoms in total. The Bertz CT molecular complexity index is 513. The second kappa shape index (κ2) is 7.95. The Morgan fingerprint density at radius 3 is 2.76 bits per heavy atom. The quantitative estimate of drug-likeness (QED) is 0.862. The third kappa shape index (κ3) is 4.68. The summed E-state index contributed by atoms with van der Waals surface area (Å²) in [5, 5.41) is 11.6. The summed E-state index contributed by atoms with van der Waals surface area (Å²) >= 11 is 0. The zero-order chi connectivity index (χ0) is 14.5. The number of hydrogen-bond acceptors (Lipinski definition) is 3. The Kier molecular flexibility index (Phi) is 6.58. The van der Waals surface area contributed by atoms with Crippen molar-refractivity contribution < 1.29 is 19.1 Å². The van der Waals surface area contributed by atoms with Crippen molar-refractivity contribution in [3.05, 3.63) is 35.6 Å². The molecule has 21 heavy (non-hydrogen) atoms. The highest BCUT2D eigenvalue weighted by atomic mass is 35.5. The van der Waals surface area contributed by atoms with Gasteiger partial charge in [-0.25, -0.2) is 4.39 Å². The van der Waals surface area contributed by atoms with Crippen molar-refractivity contribution in [1.82, 2.24) is 10.2 Å². The van der Waals surface area contributed by atoms with Crippen molar-refractivity contribution in [3.63, 3.8) is 0 Å². The maximum absolute atomic E-state index is 13.4. The number of amides is 1. The van der Waals surface area contributed by atoms with E-state index >= 15 is 0 Å². The van der Waals surface area contributed by atoms with E-state index < -0.39 is 12.0 Å². The van der Waals surface area contributed by atoms with Crippen LogP contribution in [0.3, 0.4) is 0 Å². The van der Waals surface area contributed by atoms with E-state index in [1.807, 2.05) is 0 Å². The predicted molar refractivity (Wildman–Crippen MR) is 77.7 cm³/mol. The van der Waals surface area contributed by atoms with Gasteiger partial charge in [-0.1, -0.05) is 18.2 Å². The maximum Gasteiger partial charge on any atom is 0.320 e. The van der Waals surface area contributed by atoms with Crippen molar-refractivity contribution in [2.45, 2.75) is 25.4 Å². The fraction of sp³-hybridized carbons (Fsp3) is 0.429. The number of aliphatic carboxylic acids is 1. The molecule has 1 fully saturated rings. The minimum absolute atomic E-state index is 0. The third-order valence-corrected chi connectivity index (χ3v) is 3.43. The van der Waals surface area contributed by atoms with Crippen LogP contribution < -0.4 is 5.32 Å². The number of nitrogens with one attached hydrogen (secondary N) is 1. The van der Waals surface area contributed by atoms with E-state index in [1.54, 1.807) is 23.1 Å². The number of likely N-dealkylation sites (tertiary alicyclic amines) is 1. The van der Waals surface area contributed by atoms with E-state index in [4.69, 9.17) is 5.11 Å². The number of carbonyl (C=O) groups excluding carboxylic acids is 1. The number of rotatable bonds is 5. The molecule has 2 rings (SSSR count). The monoisotopic (exact) mass is 316 g/mol. The van der Waals surface area contributed by atoms with E-state index in [1.165, 1.54) is 6.07 Å². The predicted octanol–water partition coefficient (Wildman–Crippen LogP) is 1.41. The molecule has 1 aromatic rings. The smallest absolute Gasteiger partial charge is 0.320 e. The van der Waals surface area contributed by atoms with Crippen LogP contribution in [0.4, 0.5) is 4.39 Å². The highest BCUT2D eigenvalue weighted by Gasteiger charge is 2.31. The number of hydrogen-bond donors (Lipinski definition) is 2. The van der Waals surface area contributed by atoms with Crippen LogP contribution in [0.5, 0.6) is 0 Å². The summed E-state index contributed by atoms with van der Waals surface area (Å²) in [5.41, 5.74) is 0.414. The average Bonchev–Trinajstić information content (AvgIpc) is 2.86. The van der Waals surface area contributed by atoms with Gasteiger partial charge in [0.2, 0.25) is 5.91 Å². The molecule has 1 aromatic carbocycles. The molecule has 0 aromatic heterocycles. The van der Waals surface area contributed by atoms with Crippen molar-refractivity contribution in [2.24, 2.45) is 0 Å². The lowest BCUT2D eigenvalue weighted by atomic mass is 10.2. The number of halogens is 2. The Morgan fingerprint density at radius 2 is 2.10 bits per heavy atom. The molecule has 1 aliphatic heterocycles. The molecule has 2 N–H and O–H groups in total. The molecule has 0 radical (unpaired) electrons. The van der Waals surface area contributed by atoms with Gasteiger partial charge in [0.1, 0.15) is 11.9 Å². The van der Waals surface area contributed by atoms with E-state index in [2.05, 4.69) is 5.32 Å². The van der Waals surface area contributed by atoms with Gasteiger partial charge in [0, 0.05) is 12.1 Å². The first-order chi connectivity index (χ1) is 9.58. The minimum atomic E-state index is -0.899. The number of nitrogens with zero attached hydrogens (tertiary/aromatic N) is 1. The van der Waals surface area contributed by atoms with Gasteiger partial charge in [0.05, 0.1) is 6.54 Å². The van der Waals surface area contributed by atoms with Crippen LogP contribution >= 0.6 is 12.4 Å². The van der Waals surface area contributed by atoms with Gasteiger partial charge in [0.15, 0.2) is 0 Å². The van der Waals surface area contributed by atoms with Gasteiger partial charge in [0.25, 0.3) is 0 Å². The molecule has 1 atom stereocenters. The van der Waals surface area contributed by atoms with E-state index in [0.29, 0.717) is 18.5 Å². The van der Waals surface area contributed by atoms with Crippen LogP contribution in [0.2, 0.25) is 0 Å². The van der Waals surface area contributed by atoms with Crippen LogP contribution in [0, 0.1) is 5.82 Å². The van der Waals surface area contributed by atoms with Gasteiger partial charge < -0.3 is 10.4 Å². The Labute approximate surface area is 128 Å². The van der Waals surface area contributed by atoms with Crippen molar-refractivity contribution in [2.75, 3.05) is 13.1 Å². The maximum atomic E-state index is 13.4. The molecule has 0 saturated carbocycles. The van der Waals surface area contributed by atoms with Gasteiger partial charge in [-0.3, -0.25) is 14.5 Å². The number of benzene rings is 1. The second-order valence-electron chi connectivity index (χ2n) is 4.83.